The number of benzene rings is 1. The second-order valence-corrected chi connectivity index (χ2v) is 9.30. The molecule has 2 aliphatic carbocycles. The van der Waals surface area contributed by atoms with Gasteiger partial charge in [-0.2, -0.15) is 0 Å². The molecule has 1 heterocycles. The molecular weight excluding hydrogens is 377 g/mol. The highest BCUT2D eigenvalue weighted by atomic mass is 19.1. The van der Waals surface area contributed by atoms with Crippen LogP contribution in [-0.4, -0.2) is 37.2 Å². The minimum atomic E-state index is -0.157. The Morgan fingerprint density at radius 2 is 2.07 bits per heavy atom. The van der Waals surface area contributed by atoms with Crippen LogP contribution >= 0.6 is 0 Å². The molecule has 1 saturated carbocycles. The van der Waals surface area contributed by atoms with Crippen LogP contribution in [-0.2, 0) is 11.2 Å². The van der Waals surface area contributed by atoms with Crippen molar-refractivity contribution in [3.8, 4) is 0 Å². The summed E-state index contributed by atoms with van der Waals surface area (Å²) in [5, 5.41) is 3.62. The molecule has 0 amide bonds. The van der Waals surface area contributed by atoms with Gasteiger partial charge in [0.1, 0.15) is 12.0 Å². The van der Waals surface area contributed by atoms with Gasteiger partial charge < -0.3 is 9.64 Å². The molecule has 30 heavy (non-hydrogen) atoms. The van der Waals surface area contributed by atoms with Gasteiger partial charge in [-0.1, -0.05) is 46.0 Å². The van der Waals surface area contributed by atoms with E-state index < -0.39 is 0 Å². The van der Waals surface area contributed by atoms with Gasteiger partial charge in [0.05, 0.1) is 24.7 Å². The van der Waals surface area contributed by atoms with Crippen LogP contribution in [0.5, 0.6) is 0 Å². The number of ether oxygens (including phenoxy) is 1. The number of fused-ring (bicyclic) bond motifs is 2. The van der Waals surface area contributed by atoms with E-state index in [9.17, 15) is 4.39 Å². The first-order chi connectivity index (χ1) is 14.6. The first-order valence-corrected chi connectivity index (χ1v) is 11.7. The minimum Gasteiger partial charge on any atom is -0.366 e. The Bertz CT molecular complexity index is 813. The predicted molar refractivity (Wildman–Crippen MR) is 121 cm³/mol. The van der Waals surface area contributed by atoms with Gasteiger partial charge in [0.2, 0.25) is 0 Å². The van der Waals surface area contributed by atoms with Gasteiger partial charge in [0.15, 0.2) is 0 Å². The van der Waals surface area contributed by atoms with Crippen LogP contribution < -0.4 is 5.32 Å². The summed E-state index contributed by atoms with van der Waals surface area (Å²) in [4.78, 5) is 7.57. The van der Waals surface area contributed by atoms with E-state index in [0.717, 1.165) is 55.0 Å². The van der Waals surface area contributed by atoms with Crippen molar-refractivity contribution in [2.75, 3.05) is 20.4 Å². The maximum atomic E-state index is 13.8. The van der Waals surface area contributed by atoms with Gasteiger partial charge >= 0.3 is 0 Å². The van der Waals surface area contributed by atoms with Crippen LogP contribution in [0.25, 0.3) is 5.70 Å². The molecular formula is C25H36FN3O. The monoisotopic (exact) mass is 413 g/mol. The van der Waals surface area contributed by atoms with E-state index in [1.165, 1.54) is 37.1 Å². The van der Waals surface area contributed by atoms with E-state index in [1.54, 1.807) is 12.1 Å². The van der Waals surface area contributed by atoms with Crippen LogP contribution in [0.2, 0.25) is 0 Å². The van der Waals surface area contributed by atoms with Crippen molar-refractivity contribution in [3.05, 3.63) is 40.8 Å². The fraction of sp³-hybridized carbons (Fsp3) is 0.640. The van der Waals surface area contributed by atoms with Crippen LogP contribution in [0.4, 0.5) is 4.39 Å². The number of halogens is 1. The predicted octanol–water partition coefficient (Wildman–Crippen LogP) is 5.34. The van der Waals surface area contributed by atoms with Crippen LogP contribution in [0.3, 0.4) is 0 Å². The average Bonchev–Trinajstić information content (AvgIpc) is 3.25. The maximum Gasteiger partial charge on any atom is 0.123 e. The molecule has 2 unspecified atom stereocenters. The number of allylic oxidation sites excluding steroid dienone is 1. The standard InChI is InChI=1S/C25H36FN3O/c1-4-17(2)15-30-16-27-25-22(13-18-7-5-6-8-18)28-24-21-11-10-20(26)14-19(21)9-12-23(24)29(25)3/h10-11,14,17-18,25,27H,4-9,12-13,15-16H2,1-3H3. The number of nitrogens with zero attached hydrogens (tertiary/aromatic N) is 2. The molecule has 0 radical (unpaired) electrons. The van der Waals surface area contributed by atoms with E-state index in [-0.39, 0.29) is 12.0 Å². The lowest BCUT2D eigenvalue weighted by molar-refractivity contribution is 0.0746. The third kappa shape index (κ3) is 4.62. The number of aryl methyl sites for hydroxylation is 1. The first-order valence-electron chi connectivity index (χ1n) is 11.7. The molecule has 1 fully saturated rings. The molecule has 1 aromatic rings. The van der Waals surface area contributed by atoms with Crippen LogP contribution in [0.15, 0.2) is 28.9 Å². The highest BCUT2D eigenvalue weighted by Gasteiger charge is 2.34. The lowest BCUT2D eigenvalue weighted by atomic mass is 9.89. The van der Waals surface area contributed by atoms with Gasteiger partial charge in [-0.25, -0.2) is 4.39 Å². The van der Waals surface area contributed by atoms with Crippen molar-refractivity contribution in [1.29, 1.82) is 0 Å². The smallest absolute Gasteiger partial charge is 0.123 e. The number of aliphatic imine (C=N–C) groups is 1. The highest BCUT2D eigenvalue weighted by molar-refractivity contribution is 5.97. The van der Waals surface area contributed by atoms with E-state index in [2.05, 4.69) is 31.1 Å². The Kier molecular flexibility index (Phi) is 6.89. The summed E-state index contributed by atoms with van der Waals surface area (Å²) in [6.07, 6.45) is 9.26. The van der Waals surface area contributed by atoms with Gasteiger partial charge in [0, 0.05) is 18.3 Å². The maximum absolute atomic E-state index is 13.8. The molecule has 4 rings (SSSR count). The van der Waals surface area contributed by atoms with Crippen molar-refractivity contribution in [3.63, 3.8) is 0 Å². The molecule has 3 aliphatic rings. The number of rotatable bonds is 8. The molecule has 0 bridgehead atoms. The van der Waals surface area contributed by atoms with E-state index in [4.69, 9.17) is 9.73 Å². The van der Waals surface area contributed by atoms with E-state index in [1.807, 2.05) is 6.07 Å². The molecule has 0 saturated heterocycles. The van der Waals surface area contributed by atoms with Crippen molar-refractivity contribution < 1.29 is 9.13 Å². The van der Waals surface area contributed by atoms with Gasteiger partial charge in [-0.3, -0.25) is 10.3 Å². The zero-order valence-electron chi connectivity index (χ0n) is 18.7. The summed E-state index contributed by atoms with van der Waals surface area (Å²) in [5.41, 5.74) is 5.68. The molecule has 1 aliphatic heterocycles. The Hall–Kier alpha value is -1.72. The average molecular weight is 414 g/mol. The molecule has 1 N–H and O–H groups in total. The van der Waals surface area contributed by atoms with Crippen molar-refractivity contribution in [2.45, 2.75) is 71.4 Å². The fourth-order valence-corrected chi connectivity index (χ4v) is 5.02. The van der Waals surface area contributed by atoms with Crippen molar-refractivity contribution in [2.24, 2.45) is 16.8 Å². The van der Waals surface area contributed by atoms with Crippen molar-refractivity contribution in [1.82, 2.24) is 10.2 Å². The zero-order valence-corrected chi connectivity index (χ0v) is 18.7. The minimum absolute atomic E-state index is 0.0725. The topological polar surface area (TPSA) is 36.9 Å². The normalized spacial score (nSPS) is 22.7. The Labute approximate surface area is 180 Å². The quantitative estimate of drug-likeness (QED) is 0.461. The highest BCUT2D eigenvalue weighted by Crippen LogP contribution is 2.39. The summed E-state index contributed by atoms with van der Waals surface area (Å²) < 4.78 is 19.7. The second kappa shape index (κ2) is 9.61. The van der Waals surface area contributed by atoms with Crippen LogP contribution in [0.1, 0.15) is 69.9 Å². The lowest BCUT2D eigenvalue weighted by Crippen LogP contribution is -2.52. The molecule has 2 atom stereocenters. The first kappa shape index (κ1) is 21.5. The summed E-state index contributed by atoms with van der Waals surface area (Å²) in [6.45, 7) is 5.73. The van der Waals surface area contributed by atoms with Crippen molar-refractivity contribution >= 4 is 11.4 Å². The van der Waals surface area contributed by atoms with Gasteiger partial charge in [0.25, 0.3) is 0 Å². The lowest BCUT2D eigenvalue weighted by Gasteiger charge is -2.40. The zero-order chi connectivity index (χ0) is 21.1. The number of hydrogen-bond acceptors (Lipinski definition) is 4. The van der Waals surface area contributed by atoms with Crippen LogP contribution in [0, 0.1) is 17.7 Å². The molecule has 0 aromatic heterocycles. The third-order valence-electron chi connectivity index (χ3n) is 7.06. The van der Waals surface area contributed by atoms with Gasteiger partial charge in [-0.15, -0.1) is 0 Å². The molecule has 1 aromatic carbocycles. The second-order valence-electron chi connectivity index (χ2n) is 9.30. The Morgan fingerprint density at radius 1 is 1.27 bits per heavy atom. The largest absolute Gasteiger partial charge is 0.366 e. The number of nitrogens with one attached hydrogen (secondary N) is 1. The van der Waals surface area contributed by atoms with E-state index >= 15 is 0 Å². The summed E-state index contributed by atoms with van der Waals surface area (Å²) in [6, 6.07) is 5.15. The Morgan fingerprint density at radius 3 is 2.83 bits per heavy atom. The van der Waals surface area contributed by atoms with Gasteiger partial charge in [-0.05, 0) is 54.9 Å². The fourth-order valence-electron chi connectivity index (χ4n) is 5.02. The third-order valence-corrected chi connectivity index (χ3v) is 7.06. The SMILES string of the molecule is CCC(C)COCNC1C(CC2CCCC2)=NC2=C(CCc3cc(F)ccc32)N1C. The summed E-state index contributed by atoms with van der Waals surface area (Å²) >= 11 is 0. The molecule has 5 heteroatoms. The molecule has 0 spiro atoms. The summed E-state index contributed by atoms with van der Waals surface area (Å²) in [5.74, 6) is 1.14. The summed E-state index contributed by atoms with van der Waals surface area (Å²) in [7, 11) is 2.17. The van der Waals surface area contributed by atoms with E-state index in [0.29, 0.717) is 12.6 Å². The molecule has 4 nitrogen and oxygen atoms in total. The Balaban J connectivity index is 1.56. The molecule has 164 valence electrons. The number of hydrogen-bond donors (Lipinski definition) is 1.